The van der Waals surface area contributed by atoms with Gasteiger partial charge in [-0.15, -0.1) is 0 Å². The van der Waals surface area contributed by atoms with Crippen LogP contribution in [0.25, 0.3) is 61.4 Å². The van der Waals surface area contributed by atoms with Crippen molar-refractivity contribution in [2.45, 2.75) is 5.41 Å². The Hall–Kier alpha value is -6.58. The fraction of sp³-hybridized carbons (Fsp3) is 0.0213. The van der Waals surface area contributed by atoms with Crippen molar-refractivity contribution in [3.05, 3.63) is 210 Å². The molecule has 3 nitrogen and oxygen atoms in total. The molecule has 1 unspecified atom stereocenters. The molecule has 0 aliphatic carbocycles. The minimum absolute atomic E-state index is 0.588. The average molecular weight is 638 g/mol. The van der Waals surface area contributed by atoms with E-state index in [4.69, 9.17) is 9.97 Å². The van der Waals surface area contributed by atoms with Gasteiger partial charge in [-0.3, -0.25) is 0 Å². The molecule has 2 aromatic heterocycles. The molecule has 0 fully saturated rings. The zero-order valence-electron chi connectivity index (χ0n) is 27.2. The maximum atomic E-state index is 5.21. The Balaban J connectivity index is 1.28. The molecule has 0 radical (unpaired) electrons. The summed E-state index contributed by atoms with van der Waals surface area (Å²) in [6.07, 6.45) is 0. The molecular formula is C47H31N3. The molecule has 0 bridgehead atoms. The van der Waals surface area contributed by atoms with Crippen LogP contribution in [0.1, 0.15) is 22.3 Å². The summed E-state index contributed by atoms with van der Waals surface area (Å²) in [5.41, 5.74) is 12.9. The van der Waals surface area contributed by atoms with Gasteiger partial charge < -0.3 is 4.57 Å². The molecule has 0 saturated carbocycles. The Labute approximate surface area is 290 Å². The summed E-state index contributed by atoms with van der Waals surface area (Å²) in [7, 11) is 0. The van der Waals surface area contributed by atoms with Crippen molar-refractivity contribution in [2.75, 3.05) is 0 Å². The third-order valence-electron chi connectivity index (χ3n) is 10.3. The SMILES string of the molecule is c1ccc(-c2cc(-c3cccc(C4(c5ccccc5)c5ccccc5-n5c6ccccc6c6cccc4c65)c3)nc(-c3ccccc3)n2)cc1. The second-order valence-electron chi connectivity index (χ2n) is 13.0. The van der Waals surface area contributed by atoms with E-state index in [2.05, 4.69) is 168 Å². The number of fused-ring (bicyclic) bond motifs is 5. The highest BCUT2D eigenvalue weighted by Gasteiger charge is 2.45. The van der Waals surface area contributed by atoms with E-state index in [1.165, 1.54) is 49.7 Å². The van der Waals surface area contributed by atoms with Gasteiger partial charge in [0.05, 0.1) is 33.5 Å². The second-order valence-corrected chi connectivity index (χ2v) is 13.0. The summed E-state index contributed by atoms with van der Waals surface area (Å²) >= 11 is 0. The standard InChI is InChI=1S/C47H31N3/c1-4-16-32(17-5-1)41-31-42(49-46(48-41)33-18-6-2-7-19-33)34-20-14-23-36(30-34)47(35-21-8-3-9-22-35)39-26-11-13-29-44(39)50-43-28-12-10-24-37(43)38-25-15-27-40(47)45(38)50/h1-31H. The van der Waals surface area contributed by atoms with Crippen molar-refractivity contribution < 1.29 is 0 Å². The molecule has 1 atom stereocenters. The Morgan fingerprint density at radius 3 is 1.76 bits per heavy atom. The smallest absolute Gasteiger partial charge is 0.160 e. The second kappa shape index (κ2) is 11.3. The van der Waals surface area contributed by atoms with Crippen LogP contribution < -0.4 is 0 Å². The van der Waals surface area contributed by atoms with Crippen molar-refractivity contribution in [1.29, 1.82) is 0 Å². The number of aromatic nitrogens is 3. The summed E-state index contributed by atoms with van der Waals surface area (Å²) in [5.74, 6) is 0.711. The van der Waals surface area contributed by atoms with Crippen LogP contribution in [0.4, 0.5) is 0 Å². The molecule has 234 valence electrons. The highest BCUT2D eigenvalue weighted by atomic mass is 15.0. The molecule has 0 spiro atoms. The lowest BCUT2D eigenvalue weighted by atomic mass is 9.63. The molecular weight excluding hydrogens is 607 g/mol. The van der Waals surface area contributed by atoms with Gasteiger partial charge in [-0.1, -0.05) is 164 Å². The highest BCUT2D eigenvalue weighted by Crippen LogP contribution is 2.54. The maximum absolute atomic E-state index is 5.21. The van der Waals surface area contributed by atoms with Crippen molar-refractivity contribution >= 4 is 21.8 Å². The van der Waals surface area contributed by atoms with Gasteiger partial charge in [0.15, 0.2) is 5.82 Å². The molecule has 3 heterocycles. The average Bonchev–Trinajstić information content (AvgIpc) is 3.55. The number of para-hydroxylation sites is 3. The molecule has 0 saturated heterocycles. The summed E-state index contributed by atoms with van der Waals surface area (Å²) in [4.78, 5) is 10.3. The summed E-state index contributed by atoms with van der Waals surface area (Å²) in [6, 6.07) is 67.3. The molecule has 10 rings (SSSR count). The van der Waals surface area contributed by atoms with Crippen LogP contribution in [0, 0.1) is 0 Å². The predicted octanol–water partition coefficient (Wildman–Crippen LogP) is 11.3. The van der Waals surface area contributed by atoms with E-state index >= 15 is 0 Å². The van der Waals surface area contributed by atoms with Crippen molar-refractivity contribution in [3.63, 3.8) is 0 Å². The van der Waals surface area contributed by atoms with Gasteiger partial charge in [0.25, 0.3) is 0 Å². The van der Waals surface area contributed by atoms with Crippen LogP contribution in [-0.4, -0.2) is 14.5 Å². The van der Waals surface area contributed by atoms with Crippen molar-refractivity contribution in [2.24, 2.45) is 0 Å². The fourth-order valence-corrected chi connectivity index (χ4v) is 8.16. The van der Waals surface area contributed by atoms with Crippen LogP contribution in [0.15, 0.2) is 188 Å². The Bertz CT molecular complexity index is 2640. The normalized spacial score (nSPS) is 14.9. The Kier molecular flexibility index (Phi) is 6.40. The van der Waals surface area contributed by atoms with E-state index in [0.29, 0.717) is 5.82 Å². The van der Waals surface area contributed by atoms with Gasteiger partial charge in [-0.05, 0) is 46.5 Å². The molecule has 7 aromatic carbocycles. The number of benzene rings is 7. The lowest BCUT2D eigenvalue weighted by Crippen LogP contribution is -2.35. The molecule has 1 aliphatic heterocycles. The molecule has 9 aromatic rings. The van der Waals surface area contributed by atoms with E-state index in [1.807, 2.05) is 24.3 Å². The first kappa shape index (κ1) is 28.4. The topological polar surface area (TPSA) is 30.7 Å². The van der Waals surface area contributed by atoms with Gasteiger partial charge in [0.2, 0.25) is 0 Å². The fourth-order valence-electron chi connectivity index (χ4n) is 8.16. The van der Waals surface area contributed by atoms with E-state index in [0.717, 1.165) is 28.1 Å². The Morgan fingerprint density at radius 1 is 0.400 bits per heavy atom. The van der Waals surface area contributed by atoms with Crippen LogP contribution in [-0.2, 0) is 5.41 Å². The predicted molar refractivity (Wildman–Crippen MR) is 205 cm³/mol. The minimum Gasteiger partial charge on any atom is -0.309 e. The third kappa shape index (κ3) is 4.17. The van der Waals surface area contributed by atoms with E-state index < -0.39 is 5.41 Å². The first-order chi connectivity index (χ1) is 24.8. The van der Waals surface area contributed by atoms with Crippen LogP contribution in [0.2, 0.25) is 0 Å². The van der Waals surface area contributed by atoms with E-state index in [-0.39, 0.29) is 0 Å². The number of hydrogen-bond acceptors (Lipinski definition) is 2. The molecule has 50 heavy (non-hydrogen) atoms. The number of rotatable bonds is 5. The lowest BCUT2D eigenvalue weighted by molar-refractivity contribution is 0.728. The maximum Gasteiger partial charge on any atom is 0.160 e. The van der Waals surface area contributed by atoms with Crippen LogP contribution >= 0.6 is 0 Å². The molecule has 3 heteroatoms. The first-order valence-corrected chi connectivity index (χ1v) is 17.1. The number of nitrogens with zero attached hydrogens (tertiary/aromatic N) is 3. The van der Waals surface area contributed by atoms with Crippen molar-refractivity contribution in [1.82, 2.24) is 14.5 Å². The van der Waals surface area contributed by atoms with Gasteiger partial charge in [-0.25, -0.2) is 9.97 Å². The quantitative estimate of drug-likeness (QED) is 0.188. The van der Waals surface area contributed by atoms with Crippen LogP contribution in [0.3, 0.4) is 0 Å². The minimum atomic E-state index is -0.588. The third-order valence-corrected chi connectivity index (χ3v) is 10.3. The molecule has 1 aliphatic rings. The summed E-state index contributed by atoms with van der Waals surface area (Å²) < 4.78 is 2.48. The monoisotopic (exact) mass is 637 g/mol. The van der Waals surface area contributed by atoms with Gasteiger partial charge >= 0.3 is 0 Å². The summed E-state index contributed by atoms with van der Waals surface area (Å²) in [6.45, 7) is 0. The molecule has 0 amide bonds. The lowest BCUT2D eigenvalue weighted by Gasteiger charge is -2.41. The first-order valence-electron chi connectivity index (χ1n) is 17.1. The summed E-state index contributed by atoms with van der Waals surface area (Å²) in [5, 5.41) is 2.53. The van der Waals surface area contributed by atoms with Gasteiger partial charge in [-0.2, -0.15) is 0 Å². The van der Waals surface area contributed by atoms with Gasteiger partial charge in [0.1, 0.15) is 0 Å². The zero-order valence-corrected chi connectivity index (χ0v) is 27.2. The van der Waals surface area contributed by atoms with Crippen LogP contribution in [0.5, 0.6) is 0 Å². The highest BCUT2D eigenvalue weighted by molar-refractivity contribution is 6.12. The van der Waals surface area contributed by atoms with E-state index in [9.17, 15) is 0 Å². The molecule has 0 N–H and O–H groups in total. The number of hydrogen-bond donors (Lipinski definition) is 0. The van der Waals surface area contributed by atoms with Gasteiger partial charge in [0, 0.05) is 27.5 Å². The Morgan fingerprint density at radius 2 is 0.960 bits per heavy atom. The zero-order chi connectivity index (χ0) is 33.1. The largest absolute Gasteiger partial charge is 0.309 e. The van der Waals surface area contributed by atoms with Crippen molar-refractivity contribution in [3.8, 4) is 39.6 Å². The van der Waals surface area contributed by atoms with E-state index in [1.54, 1.807) is 0 Å².